The maximum atomic E-state index is 13.7. The van der Waals surface area contributed by atoms with Crippen molar-refractivity contribution < 1.29 is 18.8 Å². The lowest BCUT2D eigenvalue weighted by Crippen LogP contribution is -2.01. The second kappa shape index (κ2) is 6.47. The van der Waals surface area contributed by atoms with Crippen LogP contribution in [0.4, 0.5) is 4.39 Å². The van der Waals surface area contributed by atoms with Crippen molar-refractivity contribution in [1.82, 2.24) is 10.1 Å². The molecule has 0 amide bonds. The summed E-state index contributed by atoms with van der Waals surface area (Å²) in [4.78, 5) is 4.13. The van der Waals surface area contributed by atoms with Crippen molar-refractivity contribution in [3.05, 3.63) is 41.3 Å². The second-order valence-corrected chi connectivity index (χ2v) is 4.51. The number of aryl methyl sites for hydroxylation is 1. The topological polar surface area (TPSA) is 68.4 Å². The van der Waals surface area contributed by atoms with Crippen molar-refractivity contribution in [3.8, 4) is 5.75 Å². The molecule has 0 aliphatic carbocycles. The van der Waals surface area contributed by atoms with Crippen molar-refractivity contribution in [3.63, 3.8) is 0 Å². The van der Waals surface area contributed by atoms with E-state index in [0.29, 0.717) is 23.7 Å². The molecule has 0 aliphatic rings. The lowest BCUT2D eigenvalue weighted by molar-refractivity contribution is 0.198. The van der Waals surface area contributed by atoms with Crippen molar-refractivity contribution in [2.45, 2.75) is 39.4 Å². The maximum absolute atomic E-state index is 13.7. The molecule has 1 aromatic heterocycles. The summed E-state index contributed by atoms with van der Waals surface area (Å²) in [6, 6.07) is 4.34. The third-order valence-corrected chi connectivity index (χ3v) is 2.77. The molecule has 0 radical (unpaired) electrons. The average Bonchev–Trinajstić information content (AvgIpc) is 2.85. The molecule has 0 unspecified atom stereocenters. The van der Waals surface area contributed by atoms with Gasteiger partial charge in [0, 0.05) is 6.42 Å². The normalized spacial score (nSPS) is 12.4. The fraction of sp³-hybridized carbons (Fsp3) is 0.429. The van der Waals surface area contributed by atoms with Crippen LogP contribution < -0.4 is 4.74 Å². The molecule has 0 bridgehead atoms. The largest absolute Gasteiger partial charge is 0.482 e. The van der Waals surface area contributed by atoms with Crippen LogP contribution in [0, 0.1) is 5.82 Å². The van der Waals surface area contributed by atoms with Gasteiger partial charge in [-0.2, -0.15) is 4.98 Å². The second-order valence-electron chi connectivity index (χ2n) is 4.51. The molecule has 0 saturated heterocycles. The predicted molar refractivity (Wildman–Crippen MR) is 69.7 cm³/mol. The van der Waals surface area contributed by atoms with Gasteiger partial charge in [0.1, 0.15) is 0 Å². The Balaban J connectivity index is 1.99. The first-order chi connectivity index (χ1) is 9.60. The summed E-state index contributed by atoms with van der Waals surface area (Å²) >= 11 is 0. The number of hydrogen-bond acceptors (Lipinski definition) is 5. The van der Waals surface area contributed by atoms with Crippen LogP contribution in [0.5, 0.6) is 5.75 Å². The van der Waals surface area contributed by atoms with E-state index in [9.17, 15) is 9.50 Å². The summed E-state index contributed by atoms with van der Waals surface area (Å²) in [5.74, 6) is 0.500. The van der Waals surface area contributed by atoms with Crippen molar-refractivity contribution >= 4 is 0 Å². The van der Waals surface area contributed by atoms with E-state index in [1.807, 2.05) is 6.92 Å². The molecule has 0 aliphatic heterocycles. The van der Waals surface area contributed by atoms with Gasteiger partial charge in [0.25, 0.3) is 0 Å². The fourth-order valence-electron chi connectivity index (χ4n) is 1.70. The molecule has 2 aromatic rings. The highest BCUT2D eigenvalue weighted by Crippen LogP contribution is 2.22. The molecule has 5 nitrogen and oxygen atoms in total. The molecule has 20 heavy (non-hydrogen) atoms. The monoisotopic (exact) mass is 280 g/mol. The Bertz CT molecular complexity index is 569. The summed E-state index contributed by atoms with van der Waals surface area (Å²) in [6.45, 7) is 3.63. The lowest BCUT2D eigenvalue weighted by atomic mass is 10.1. The maximum Gasteiger partial charge on any atom is 0.226 e. The smallest absolute Gasteiger partial charge is 0.226 e. The minimum atomic E-state index is -0.715. The van der Waals surface area contributed by atoms with Crippen molar-refractivity contribution in [2.75, 3.05) is 0 Å². The highest BCUT2D eigenvalue weighted by atomic mass is 19.1. The Morgan fingerprint density at radius 2 is 2.25 bits per heavy atom. The molecule has 0 fully saturated rings. The van der Waals surface area contributed by atoms with Gasteiger partial charge in [-0.3, -0.25) is 0 Å². The van der Waals surface area contributed by atoms with Gasteiger partial charge in [0.15, 0.2) is 18.2 Å². The minimum absolute atomic E-state index is 0.0398. The molecule has 1 atom stereocenters. The highest BCUT2D eigenvalue weighted by molar-refractivity contribution is 5.30. The van der Waals surface area contributed by atoms with Crippen LogP contribution in [-0.2, 0) is 13.0 Å². The van der Waals surface area contributed by atoms with Crippen LogP contribution in [0.2, 0.25) is 0 Å². The number of aliphatic hydroxyl groups is 1. The van der Waals surface area contributed by atoms with Gasteiger partial charge in [-0.1, -0.05) is 18.1 Å². The number of aromatic nitrogens is 2. The van der Waals surface area contributed by atoms with E-state index in [1.165, 1.54) is 12.1 Å². The quantitative estimate of drug-likeness (QED) is 0.881. The number of aliphatic hydroxyl groups excluding tert-OH is 1. The predicted octanol–water partition coefficient (Wildman–Crippen LogP) is 2.79. The summed E-state index contributed by atoms with van der Waals surface area (Å²) in [5.41, 5.74) is 0.500. The fourth-order valence-corrected chi connectivity index (χ4v) is 1.70. The van der Waals surface area contributed by atoms with E-state index in [2.05, 4.69) is 10.1 Å². The van der Waals surface area contributed by atoms with E-state index in [0.717, 1.165) is 6.42 Å². The Morgan fingerprint density at radius 1 is 1.45 bits per heavy atom. The first kappa shape index (κ1) is 14.5. The molecule has 108 valence electrons. The number of ether oxygens (including phenoxy) is 1. The van der Waals surface area contributed by atoms with Gasteiger partial charge >= 0.3 is 0 Å². The Labute approximate surface area is 116 Å². The third kappa shape index (κ3) is 3.54. The SMILES string of the molecule is CCCc1nc(COc2ccc([C@H](C)O)cc2F)no1. The van der Waals surface area contributed by atoms with Gasteiger partial charge in [-0.15, -0.1) is 0 Å². The molecular formula is C14H17FN2O3. The zero-order valence-corrected chi connectivity index (χ0v) is 11.5. The van der Waals surface area contributed by atoms with Crippen LogP contribution >= 0.6 is 0 Å². The molecule has 0 saturated carbocycles. The van der Waals surface area contributed by atoms with Crippen LogP contribution in [0.3, 0.4) is 0 Å². The van der Waals surface area contributed by atoms with Gasteiger partial charge in [0.05, 0.1) is 6.10 Å². The Kier molecular flexibility index (Phi) is 4.68. The van der Waals surface area contributed by atoms with E-state index in [1.54, 1.807) is 13.0 Å². The lowest BCUT2D eigenvalue weighted by Gasteiger charge is -2.08. The zero-order valence-electron chi connectivity index (χ0n) is 11.5. The highest BCUT2D eigenvalue weighted by Gasteiger charge is 2.10. The van der Waals surface area contributed by atoms with Gasteiger partial charge in [0.2, 0.25) is 11.7 Å². The van der Waals surface area contributed by atoms with E-state index >= 15 is 0 Å². The van der Waals surface area contributed by atoms with Gasteiger partial charge in [-0.25, -0.2) is 4.39 Å². The van der Waals surface area contributed by atoms with Crippen LogP contribution in [-0.4, -0.2) is 15.2 Å². The van der Waals surface area contributed by atoms with Crippen LogP contribution in [0.25, 0.3) is 0 Å². The molecule has 2 rings (SSSR count). The first-order valence-electron chi connectivity index (χ1n) is 6.52. The minimum Gasteiger partial charge on any atom is -0.482 e. The Hall–Kier alpha value is -1.95. The molecule has 1 heterocycles. The molecular weight excluding hydrogens is 263 g/mol. The van der Waals surface area contributed by atoms with E-state index in [-0.39, 0.29) is 12.4 Å². The molecule has 0 spiro atoms. The van der Waals surface area contributed by atoms with Crippen molar-refractivity contribution in [2.24, 2.45) is 0 Å². The van der Waals surface area contributed by atoms with E-state index in [4.69, 9.17) is 9.26 Å². The van der Waals surface area contributed by atoms with Crippen LogP contribution in [0.1, 0.15) is 43.7 Å². The zero-order chi connectivity index (χ0) is 14.5. The molecule has 1 N–H and O–H groups in total. The summed E-state index contributed by atoms with van der Waals surface area (Å²) < 4.78 is 24.1. The molecule has 1 aromatic carbocycles. The van der Waals surface area contributed by atoms with E-state index < -0.39 is 11.9 Å². The summed E-state index contributed by atoms with van der Waals surface area (Å²) in [5, 5.41) is 13.1. The number of rotatable bonds is 6. The van der Waals surface area contributed by atoms with Gasteiger partial charge in [-0.05, 0) is 31.0 Å². The first-order valence-corrected chi connectivity index (χ1v) is 6.52. The average molecular weight is 280 g/mol. The standard InChI is InChI=1S/C14H17FN2O3/c1-3-4-14-16-13(17-20-14)8-19-12-6-5-10(9(2)18)7-11(12)15/h5-7,9,18H,3-4,8H2,1-2H3/t9-/m0/s1. The van der Waals surface area contributed by atoms with Gasteiger partial charge < -0.3 is 14.4 Å². The molecule has 6 heteroatoms. The number of hydrogen-bond donors (Lipinski definition) is 1. The number of nitrogens with zero attached hydrogens (tertiary/aromatic N) is 2. The third-order valence-electron chi connectivity index (χ3n) is 2.77. The Morgan fingerprint density at radius 3 is 2.90 bits per heavy atom. The summed E-state index contributed by atoms with van der Waals surface area (Å²) in [6.07, 6.45) is 0.912. The number of halogens is 1. The van der Waals surface area contributed by atoms with Crippen LogP contribution in [0.15, 0.2) is 22.7 Å². The number of benzene rings is 1. The van der Waals surface area contributed by atoms with Crippen molar-refractivity contribution in [1.29, 1.82) is 0 Å². The summed E-state index contributed by atoms with van der Waals surface area (Å²) in [7, 11) is 0.